The summed E-state index contributed by atoms with van der Waals surface area (Å²) in [5.74, 6) is -0.0994. The van der Waals surface area contributed by atoms with Crippen LogP contribution in [0, 0.1) is 0 Å². The third-order valence-corrected chi connectivity index (χ3v) is 3.81. The topological polar surface area (TPSA) is 38.3 Å². The Hall–Kier alpha value is -1.61. The second-order valence-electron chi connectivity index (χ2n) is 5.27. The summed E-state index contributed by atoms with van der Waals surface area (Å²) in [4.78, 5) is 12.1. The average Bonchev–Trinajstić information content (AvgIpc) is 2.49. The molecular formula is C17H23NO2. The van der Waals surface area contributed by atoms with E-state index in [0.29, 0.717) is 6.42 Å². The van der Waals surface area contributed by atoms with E-state index in [4.69, 9.17) is 4.74 Å². The lowest BCUT2D eigenvalue weighted by molar-refractivity contribution is -0.164. The number of ether oxygens (including phenoxy) is 1. The summed E-state index contributed by atoms with van der Waals surface area (Å²) in [5, 5.41) is 3.33. The number of carbonyl (C=O) groups is 1. The molecule has 1 aliphatic rings. The second-order valence-corrected chi connectivity index (χ2v) is 5.27. The minimum Gasteiger partial charge on any atom is -0.454 e. The summed E-state index contributed by atoms with van der Waals surface area (Å²) in [5.41, 5.74) is 0.663. The van der Waals surface area contributed by atoms with E-state index in [1.54, 1.807) is 0 Å². The maximum absolute atomic E-state index is 12.1. The lowest BCUT2D eigenvalue weighted by Crippen LogP contribution is -2.43. The van der Waals surface area contributed by atoms with Gasteiger partial charge in [0.25, 0.3) is 0 Å². The van der Waals surface area contributed by atoms with Crippen molar-refractivity contribution in [2.75, 3.05) is 13.1 Å². The molecular weight excluding hydrogens is 250 g/mol. The summed E-state index contributed by atoms with van der Waals surface area (Å²) in [6.07, 6.45) is 5.65. The Morgan fingerprint density at radius 3 is 2.65 bits per heavy atom. The van der Waals surface area contributed by atoms with Gasteiger partial charge in [-0.15, -0.1) is 6.58 Å². The molecule has 108 valence electrons. The first-order valence-electron chi connectivity index (χ1n) is 7.36. The molecule has 1 aromatic carbocycles. The molecule has 3 nitrogen and oxygen atoms in total. The number of rotatable bonds is 6. The summed E-state index contributed by atoms with van der Waals surface area (Å²) in [7, 11) is 0. The minimum atomic E-state index is -0.447. The molecule has 1 saturated heterocycles. The Morgan fingerprint density at radius 1 is 1.30 bits per heavy atom. The minimum absolute atomic E-state index is 0.0994. The maximum Gasteiger partial charge on any atom is 0.306 e. The Labute approximate surface area is 121 Å². The van der Waals surface area contributed by atoms with Crippen LogP contribution < -0.4 is 5.32 Å². The molecule has 1 fully saturated rings. The van der Waals surface area contributed by atoms with E-state index in [1.165, 1.54) is 0 Å². The van der Waals surface area contributed by atoms with Crippen LogP contribution in [-0.2, 0) is 15.1 Å². The zero-order valence-electron chi connectivity index (χ0n) is 11.9. The van der Waals surface area contributed by atoms with E-state index in [2.05, 4.69) is 24.0 Å². The van der Waals surface area contributed by atoms with Gasteiger partial charge in [0.15, 0.2) is 0 Å². The fraction of sp³-hybridized carbons (Fsp3) is 0.471. The summed E-state index contributed by atoms with van der Waals surface area (Å²) >= 11 is 0. The zero-order valence-corrected chi connectivity index (χ0v) is 11.9. The molecule has 3 heteroatoms. The van der Waals surface area contributed by atoms with Crippen molar-refractivity contribution in [2.24, 2.45) is 0 Å². The van der Waals surface area contributed by atoms with Crippen LogP contribution in [0.1, 0.15) is 37.7 Å². The van der Waals surface area contributed by atoms with Crippen molar-refractivity contribution in [2.45, 2.75) is 37.7 Å². The molecule has 0 aliphatic carbocycles. The highest BCUT2D eigenvalue weighted by Gasteiger charge is 2.37. The van der Waals surface area contributed by atoms with E-state index in [-0.39, 0.29) is 5.97 Å². The van der Waals surface area contributed by atoms with E-state index in [0.717, 1.165) is 44.3 Å². The summed E-state index contributed by atoms with van der Waals surface area (Å²) < 4.78 is 5.90. The Balaban J connectivity index is 2.07. The van der Waals surface area contributed by atoms with Gasteiger partial charge in [-0.05, 0) is 31.5 Å². The highest BCUT2D eigenvalue weighted by molar-refractivity contribution is 5.70. The van der Waals surface area contributed by atoms with E-state index in [1.807, 2.05) is 24.3 Å². The van der Waals surface area contributed by atoms with Gasteiger partial charge in [-0.3, -0.25) is 4.79 Å². The predicted molar refractivity (Wildman–Crippen MR) is 80.4 cm³/mol. The van der Waals surface area contributed by atoms with Gasteiger partial charge in [0.1, 0.15) is 5.60 Å². The first-order valence-corrected chi connectivity index (χ1v) is 7.36. The van der Waals surface area contributed by atoms with Crippen molar-refractivity contribution in [3.05, 3.63) is 48.6 Å². The number of piperidine rings is 1. The molecule has 0 spiro atoms. The molecule has 0 bridgehead atoms. The summed E-state index contributed by atoms with van der Waals surface area (Å²) in [6, 6.07) is 10.1. The van der Waals surface area contributed by atoms with Crippen molar-refractivity contribution in [3.8, 4) is 0 Å². The third-order valence-electron chi connectivity index (χ3n) is 3.81. The number of hydrogen-bond acceptors (Lipinski definition) is 3. The SMILES string of the molecule is C=CCCCC(=O)OC1(c2ccccc2)CCNCC1. The largest absolute Gasteiger partial charge is 0.454 e. The van der Waals surface area contributed by atoms with Crippen LogP contribution in [0.25, 0.3) is 0 Å². The Bertz CT molecular complexity index is 436. The molecule has 0 amide bonds. The maximum atomic E-state index is 12.1. The molecule has 20 heavy (non-hydrogen) atoms. The zero-order chi connectivity index (χ0) is 14.3. The van der Waals surface area contributed by atoms with Gasteiger partial charge in [-0.1, -0.05) is 36.4 Å². The molecule has 1 heterocycles. The molecule has 0 saturated carbocycles. The van der Waals surface area contributed by atoms with Crippen molar-refractivity contribution < 1.29 is 9.53 Å². The van der Waals surface area contributed by atoms with Crippen LogP contribution in [0.3, 0.4) is 0 Å². The molecule has 0 unspecified atom stereocenters. The number of unbranched alkanes of at least 4 members (excludes halogenated alkanes) is 1. The number of esters is 1. The summed E-state index contributed by atoms with van der Waals surface area (Å²) in [6.45, 7) is 5.44. The third kappa shape index (κ3) is 3.70. The number of hydrogen-bond donors (Lipinski definition) is 1. The van der Waals surface area contributed by atoms with Crippen LogP contribution in [0.4, 0.5) is 0 Å². The molecule has 1 N–H and O–H groups in total. The number of carbonyl (C=O) groups excluding carboxylic acids is 1. The number of benzene rings is 1. The van der Waals surface area contributed by atoms with Gasteiger partial charge in [0, 0.05) is 19.3 Å². The molecule has 0 aromatic heterocycles. The van der Waals surface area contributed by atoms with Gasteiger partial charge in [0.05, 0.1) is 0 Å². The smallest absolute Gasteiger partial charge is 0.306 e. The normalized spacial score (nSPS) is 17.4. The molecule has 0 radical (unpaired) electrons. The first-order chi connectivity index (χ1) is 9.77. The highest BCUT2D eigenvalue weighted by Crippen LogP contribution is 2.35. The van der Waals surface area contributed by atoms with Crippen LogP contribution in [0.15, 0.2) is 43.0 Å². The second kappa shape index (κ2) is 7.25. The van der Waals surface area contributed by atoms with Crippen molar-refractivity contribution in [1.29, 1.82) is 0 Å². The van der Waals surface area contributed by atoms with Crippen LogP contribution in [0.2, 0.25) is 0 Å². The van der Waals surface area contributed by atoms with Crippen molar-refractivity contribution >= 4 is 5.97 Å². The van der Waals surface area contributed by atoms with Crippen LogP contribution in [-0.4, -0.2) is 19.1 Å². The first kappa shape index (κ1) is 14.8. The predicted octanol–water partition coefficient (Wildman–Crippen LogP) is 3.16. The van der Waals surface area contributed by atoms with E-state index < -0.39 is 5.60 Å². The van der Waals surface area contributed by atoms with Gasteiger partial charge in [-0.2, -0.15) is 0 Å². The Morgan fingerprint density at radius 2 is 2.00 bits per heavy atom. The van der Waals surface area contributed by atoms with Gasteiger partial charge in [-0.25, -0.2) is 0 Å². The number of nitrogens with one attached hydrogen (secondary N) is 1. The standard InChI is InChI=1S/C17H23NO2/c1-2-3-5-10-16(19)20-17(11-13-18-14-12-17)15-8-6-4-7-9-15/h2,4,6-9,18H,1,3,5,10-14H2. The fourth-order valence-electron chi connectivity index (χ4n) is 2.68. The Kier molecular flexibility index (Phi) is 5.36. The number of allylic oxidation sites excluding steroid dienone is 1. The molecule has 1 aromatic rings. The quantitative estimate of drug-likeness (QED) is 0.491. The average molecular weight is 273 g/mol. The lowest BCUT2D eigenvalue weighted by atomic mass is 9.84. The van der Waals surface area contributed by atoms with Crippen LogP contribution >= 0.6 is 0 Å². The van der Waals surface area contributed by atoms with E-state index >= 15 is 0 Å². The van der Waals surface area contributed by atoms with Crippen LogP contribution in [0.5, 0.6) is 0 Å². The monoisotopic (exact) mass is 273 g/mol. The molecule has 1 aliphatic heterocycles. The van der Waals surface area contributed by atoms with Crippen molar-refractivity contribution in [3.63, 3.8) is 0 Å². The lowest BCUT2D eigenvalue weighted by Gasteiger charge is -2.37. The van der Waals surface area contributed by atoms with Gasteiger partial charge in [0.2, 0.25) is 0 Å². The van der Waals surface area contributed by atoms with Crippen molar-refractivity contribution in [1.82, 2.24) is 5.32 Å². The highest BCUT2D eigenvalue weighted by atomic mass is 16.6. The van der Waals surface area contributed by atoms with E-state index in [9.17, 15) is 4.79 Å². The molecule has 2 rings (SSSR count). The van der Waals surface area contributed by atoms with Gasteiger partial charge >= 0.3 is 5.97 Å². The van der Waals surface area contributed by atoms with Gasteiger partial charge < -0.3 is 10.1 Å². The molecule has 0 atom stereocenters. The fourth-order valence-corrected chi connectivity index (χ4v) is 2.68.